The molecule has 1 aliphatic carbocycles. The van der Waals surface area contributed by atoms with E-state index in [2.05, 4.69) is 12.1 Å². The van der Waals surface area contributed by atoms with E-state index in [0.717, 1.165) is 11.4 Å². The Morgan fingerprint density at radius 2 is 2.10 bits per heavy atom. The second-order valence-electron chi connectivity index (χ2n) is 2.94. The molecule has 0 heterocycles. The molecule has 0 nitrogen and oxygen atoms in total. The van der Waals surface area contributed by atoms with Crippen molar-refractivity contribution in [3.8, 4) is 0 Å². The minimum Gasteiger partial charge on any atom is -0.0964 e. The summed E-state index contributed by atoms with van der Waals surface area (Å²) in [7, 11) is 5.62. The third-order valence-electron chi connectivity index (χ3n) is 1.96. The first-order valence-electron chi connectivity index (χ1n) is 3.72. The molecular formula is C9H9B. The van der Waals surface area contributed by atoms with Crippen molar-refractivity contribution in [2.24, 2.45) is 0 Å². The maximum Gasteiger partial charge on any atom is 0.113 e. The fourth-order valence-corrected chi connectivity index (χ4v) is 1.23. The van der Waals surface area contributed by atoms with E-state index in [1.807, 2.05) is 12.1 Å². The van der Waals surface area contributed by atoms with Gasteiger partial charge in [0.2, 0.25) is 0 Å². The van der Waals surface area contributed by atoms with E-state index in [0.29, 0.717) is 0 Å². The average Bonchev–Trinajstić information content (AvgIpc) is 2.68. The van der Waals surface area contributed by atoms with Crippen molar-refractivity contribution in [1.29, 1.82) is 0 Å². The highest BCUT2D eigenvalue weighted by Gasteiger charge is 2.22. The number of hydrogen-bond acceptors (Lipinski definition) is 0. The predicted octanol–water partition coefficient (Wildman–Crippen LogP) is 1.36. The number of benzene rings is 1. The molecule has 0 atom stereocenters. The molecule has 0 aliphatic heterocycles. The van der Waals surface area contributed by atoms with Crippen LogP contribution in [0.25, 0.3) is 0 Å². The van der Waals surface area contributed by atoms with Gasteiger partial charge >= 0.3 is 0 Å². The van der Waals surface area contributed by atoms with Crippen LogP contribution in [0.15, 0.2) is 24.3 Å². The highest BCUT2D eigenvalue weighted by atomic mass is 14.3. The quantitative estimate of drug-likeness (QED) is 0.501. The second kappa shape index (κ2) is 2.15. The smallest absolute Gasteiger partial charge is 0.0964 e. The van der Waals surface area contributed by atoms with E-state index in [9.17, 15) is 0 Å². The standard InChI is InChI=1S/C9H9B/c10-9-3-1-2-8(6-9)7-4-5-7/h1-3,6-7H,4-5H2. The van der Waals surface area contributed by atoms with Crippen LogP contribution in [-0.2, 0) is 0 Å². The number of hydrogen-bond donors (Lipinski definition) is 0. The van der Waals surface area contributed by atoms with E-state index >= 15 is 0 Å². The Morgan fingerprint density at radius 1 is 1.30 bits per heavy atom. The maximum atomic E-state index is 5.62. The first-order valence-corrected chi connectivity index (χ1v) is 3.72. The van der Waals surface area contributed by atoms with Crippen LogP contribution in [0.5, 0.6) is 0 Å². The lowest BCUT2D eigenvalue weighted by Gasteiger charge is -1.97. The van der Waals surface area contributed by atoms with Crippen molar-refractivity contribution < 1.29 is 0 Å². The molecule has 0 spiro atoms. The van der Waals surface area contributed by atoms with Gasteiger partial charge in [-0.15, -0.1) is 0 Å². The molecule has 2 rings (SSSR count). The van der Waals surface area contributed by atoms with Gasteiger partial charge in [0.05, 0.1) is 0 Å². The van der Waals surface area contributed by atoms with Gasteiger partial charge < -0.3 is 0 Å². The molecule has 10 heavy (non-hydrogen) atoms. The summed E-state index contributed by atoms with van der Waals surface area (Å²) in [5.41, 5.74) is 2.31. The molecule has 0 aromatic heterocycles. The molecule has 0 saturated heterocycles. The van der Waals surface area contributed by atoms with E-state index in [-0.39, 0.29) is 0 Å². The first-order chi connectivity index (χ1) is 4.86. The zero-order valence-corrected chi connectivity index (χ0v) is 5.88. The van der Waals surface area contributed by atoms with Crippen LogP contribution in [0.4, 0.5) is 0 Å². The predicted molar refractivity (Wildman–Crippen MR) is 43.8 cm³/mol. The third kappa shape index (κ3) is 1.09. The van der Waals surface area contributed by atoms with Crippen molar-refractivity contribution in [1.82, 2.24) is 0 Å². The Hall–Kier alpha value is -0.715. The van der Waals surface area contributed by atoms with Crippen molar-refractivity contribution >= 4 is 13.3 Å². The van der Waals surface area contributed by atoms with Gasteiger partial charge in [-0.05, 0) is 24.3 Å². The zero-order chi connectivity index (χ0) is 6.97. The molecule has 0 unspecified atom stereocenters. The monoisotopic (exact) mass is 128 g/mol. The van der Waals surface area contributed by atoms with Gasteiger partial charge in [0.25, 0.3) is 0 Å². The summed E-state index contributed by atoms with van der Waals surface area (Å²) in [4.78, 5) is 0. The minimum absolute atomic E-state index is 0.823. The zero-order valence-electron chi connectivity index (χ0n) is 5.88. The Bertz CT molecular complexity index is 238. The van der Waals surface area contributed by atoms with Crippen LogP contribution in [0, 0.1) is 0 Å². The summed E-state index contributed by atoms with van der Waals surface area (Å²) in [6.45, 7) is 0. The van der Waals surface area contributed by atoms with Gasteiger partial charge in [-0.2, -0.15) is 0 Å². The second-order valence-corrected chi connectivity index (χ2v) is 2.94. The molecule has 0 bridgehead atoms. The maximum absolute atomic E-state index is 5.62. The average molecular weight is 128 g/mol. The summed E-state index contributed by atoms with van der Waals surface area (Å²) in [5.74, 6) is 0.823. The van der Waals surface area contributed by atoms with Crippen molar-refractivity contribution in [3.63, 3.8) is 0 Å². The molecule has 1 saturated carbocycles. The molecule has 1 aromatic carbocycles. The van der Waals surface area contributed by atoms with E-state index in [4.69, 9.17) is 7.85 Å². The van der Waals surface area contributed by atoms with E-state index in [1.54, 1.807) is 0 Å². The SMILES string of the molecule is [B]c1cccc(C2CC2)c1. The van der Waals surface area contributed by atoms with Crippen LogP contribution in [0.1, 0.15) is 24.3 Å². The van der Waals surface area contributed by atoms with Crippen LogP contribution < -0.4 is 5.46 Å². The highest BCUT2D eigenvalue weighted by molar-refractivity contribution is 6.32. The molecule has 1 aromatic rings. The first kappa shape index (κ1) is 6.02. The van der Waals surface area contributed by atoms with Crippen LogP contribution in [0.2, 0.25) is 0 Å². The summed E-state index contributed by atoms with van der Waals surface area (Å²) < 4.78 is 0. The molecule has 1 heteroatoms. The van der Waals surface area contributed by atoms with Crippen LogP contribution >= 0.6 is 0 Å². The number of rotatable bonds is 1. The Morgan fingerprint density at radius 3 is 2.70 bits per heavy atom. The lowest BCUT2D eigenvalue weighted by atomic mass is 9.93. The van der Waals surface area contributed by atoms with Gasteiger partial charge in [0.15, 0.2) is 0 Å². The Labute approximate surface area is 62.7 Å². The normalized spacial score (nSPS) is 17.2. The third-order valence-corrected chi connectivity index (χ3v) is 1.96. The van der Waals surface area contributed by atoms with Crippen molar-refractivity contribution in [2.45, 2.75) is 18.8 Å². The Kier molecular flexibility index (Phi) is 1.30. The van der Waals surface area contributed by atoms with Crippen LogP contribution in [0.3, 0.4) is 0 Å². The highest BCUT2D eigenvalue weighted by Crippen LogP contribution is 2.39. The van der Waals surface area contributed by atoms with Gasteiger partial charge in [0.1, 0.15) is 7.85 Å². The summed E-state index contributed by atoms with van der Waals surface area (Å²) >= 11 is 0. The molecule has 0 N–H and O–H groups in total. The fraction of sp³-hybridized carbons (Fsp3) is 0.333. The molecule has 0 amide bonds. The van der Waals surface area contributed by atoms with Gasteiger partial charge in [-0.3, -0.25) is 0 Å². The van der Waals surface area contributed by atoms with Gasteiger partial charge in [0, 0.05) is 0 Å². The van der Waals surface area contributed by atoms with Crippen LogP contribution in [-0.4, -0.2) is 7.85 Å². The lowest BCUT2D eigenvalue weighted by molar-refractivity contribution is 1.13. The summed E-state index contributed by atoms with van der Waals surface area (Å²) in [6, 6.07) is 8.21. The minimum atomic E-state index is 0.823. The van der Waals surface area contributed by atoms with Gasteiger partial charge in [-0.25, -0.2) is 0 Å². The largest absolute Gasteiger partial charge is 0.113 e. The Balaban J connectivity index is 2.32. The van der Waals surface area contributed by atoms with Crippen molar-refractivity contribution in [3.05, 3.63) is 29.8 Å². The van der Waals surface area contributed by atoms with E-state index < -0.39 is 0 Å². The van der Waals surface area contributed by atoms with Crippen molar-refractivity contribution in [2.75, 3.05) is 0 Å². The molecule has 1 fully saturated rings. The summed E-state index contributed by atoms with van der Waals surface area (Å²) in [6.07, 6.45) is 2.70. The molecule has 1 aliphatic rings. The van der Waals surface area contributed by atoms with E-state index in [1.165, 1.54) is 18.4 Å². The molecular weight excluding hydrogens is 119 g/mol. The topological polar surface area (TPSA) is 0 Å². The summed E-state index contributed by atoms with van der Waals surface area (Å²) in [5, 5.41) is 0. The molecule has 48 valence electrons. The fourth-order valence-electron chi connectivity index (χ4n) is 1.23. The molecule has 2 radical (unpaired) electrons. The lowest BCUT2D eigenvalue weighted by Crippen LogP contribution is -2.01. The van der Waals surface area contributed by atoms with Gasteiger partial charge in [-0.1, -0.05) is 29.7 Å².